The van der Waals surface area contributed by atoms with Crippen LogP contribution in [0.1, 0.15) is 5.56 Å². The number of sulfone groups is 1. The molecular formula is C24H18N2O3S. The first-order valence-corrected chi connectivity index (χ1v) is 10.7. The number of benzene rings is 3. The van der Waals surface area contributed by atoms with E-state index in [2.05, 4.69) is 10.3 Å². The molecule has 0 unspecified atom stereocenters. The van der Waals surface area contributed by atoms with Gasteiger partial charge in [0.15, 0.2) is 0 Å². The predicted octanol–water partition coefficient (Wildman–Crippen LogP) is 4.72. The molecule has 1 amide bonds. The Hall–Kier alpha value is -3.77. The highest BCUT2D eigenvalue weighted by Crippen LogP contribution is 2.28. The Labute approximate surface area is 174 Å². The average molecular weight is 414 g/mol. The second-order valence-corrected chi connectivity index (χ2v) is 8.53. The van der Waals surface area contributed by atoms with Crippen molar-refractivity contribution in [3.8, 4) is 0 Å². The second-order valence-electron chi connectivity index (χ2n) is 6.61. The largest absolute Gasteiger partial charge is 0.323 e. The second kappa shape index (κ2) is 8.31. The Kier molecular flexibility index (Phi) is 5.41. The molecule has 0 saturated carbocycles. The van der Waals surface area contributed by atoms with Gasteiger partial charge in [0.25, 0.3) is 0 Å². The molecule has 4 rings (SSSR count). The molecule has 1 aromatic heterocycles. The van der Waals surface area contributed by atoms with Gasteiger partial charge in [-0.05, 0) is 53.4 Å². The summed E-state index contributed by atoms with van der Waals surface area (Å²) in [6.07, 6.45) is 6.36. The number of fused-ring (bicyclic) bond motifs is 1. The lowest BCUT2D eigenvalue weighted by Crippen LogP contribution is -2.08. The zero-order valence-electron chi connectivity index (χ0n) is 15.9. The van der Waals surface area contributed by atoms with Crippen LogP contribution in [0.25, 0.3) is 16.8 Å². The highest BCUT2D eigenvalue weighted by Gasteiger charge is 2.20. The van der Waals surface area contributed by atoms with E-state index in [1.54, 1.807) is 54.9 Å². The minimum Gasteiger partial charge on any atom is -0.323 e. The highest BCUT2D eigenvalue weighted by molar-refractivity contribution is 7.91. The predicted molar refractivity (Wildman–Crippen MR) is 118 cm³/mol. The zero-order valence-corrected chi connectivity index (χ0v) is 16.7. The van der Waals surface area contributed by atoms with Crippen molar-refractivity contribution in [2.75, 3.05) is 5.32 Å². The quantitative estimate of drug-likeness (QED) is 0.480. The van der Waals surface area contributed by atoms with Crippen LogP contribution in [0.5, 0.6) is 0 Å². The van der Waals surface area contributed by atoms with Gasteiger partial charge >= 0.3 is 0 Å². The number of anilines is 1. The third kappa shape index (κ3) is 4.14. The van der Waals surface area contributed by atoms with E-state index in [9.17, 15) is 13.2 Å². The maximum Gasteiger partial charge on any atom is 0.248 e. The van der Waals surface area contributed by atoms with Gasteiger partial charge in [0.1, 0.15) is 0 Å². The number of nitrogens with zero attached hydrogens (tertiary/aromatic N) is 1. The fourth-order valence-electron chi connectivity index (χ4n) is 3.10. The molecule has 1 N–H and O–H groups in total. The normalized spacial score (nSPS) is 11.6. The molecule has 4 aromatic rings. The van der Waals surface area contributed by atoms with E-state index in [-0.39, 0.29) is 15.7 Å². The van der Waals surface area contributed by atoms with Crippen LogP contribution in [-0.2, 0) is 14.6 Å². The monoisotopic (exact) mass is 414 g/mol. The van der Waals surface area contributed by atoms with Crippen molar-refractivity contribution in [1.82, 2.24) is 4.98 Å². The third-order valence-corrected chi connectivity index (χ3v) is 6.41. The first-order chi connectivity index (χ1) is 14.5. The number of rotatable bonds is 5. The summed E-state index contributed by atoms with van der Waals surface area (Å²) in [5.74, 6) is -0.316. The van der Waals surface area contributed by atoms with Gasteiger partial charge in [-0.2, -0.15) is 0 Å². The van der Waals surface area contributed by atoms with E-state index in [0.717, 1.165) is 10.9 Å². The van der Waals surface area contributed by atoms with E-state index >= 15 is 0 Å². The minimum atomic E-state index is -3.69. The smallest absolute Gasteiger partial charge is 0.248 e. The Morgan fingerprint density at radius 3 is 2.40 bits per heavy atom. The van der Waals surface area contributed by atoms with Crippen molar-refractivity contribution in [2.45, 2.75) is 9.79 Å². The molecule has 3 aromatic carbocycles. The topological polar surface area (TPSA) is 76.1 Å². The summed E-state index contributed by atoms with van der Waals surface area (Å²) in [4.78, 5) is 16.5. The van der Waals surface area contributed by atoms with Gasteiger partial charge in [-0.15, -0.1) is 0 Å². The van der Waals surface area contributed by atoms with Gasteiger partial charge in [0, 0.05) is 29.5 Å². The molecule has 0 aliphatic heterocycles. The molecule has 148 valence electrons. The minimum absolute atomic E-state index is 0.169. The summed E-state index contributed by atoms with van der Waals surface area (Å²) in [7, 11) is -3.69. The molecule has 0 spiro atoms. The molecule has 0 aliphatic carbocycles. The van der Waals surface area contributed by atoms with Crippen molar-refractivity contribution < 1.29 is 13.2 Å². The van der Waals surface area contributed by atoms with Gasteiger partial charge in [-0.25, -0.2) is 8.42 Å². The summed E-state index contributed by atoms with van der Waals surface area (Å²) in [5, 5.41) is 4.26. The molecular weight excluding hydrogens is 396 g/mol. The van der Waals surface area contributed by atoms with E-state index in [0.29, 0.717) is 11.1 Å². The number of nitrogens with one attached hydrogen (secondary N) is 1. The molecule has 6 heteroatoms. The summed E-state index contributed by atoms with van der Waals surface area (Å²) < 4.78 is 26.3. The Bertz CT molecular complexity index is 1320. The maximum atomic E-state index is 13.1. The lowest BCUT2D eigenvalue weighted by Gasteiger charge is -2.09. The molecule has 0 fully saturated rings. The lowest BCUT2D eigenvalue weighted by molar-refractivity contribution is -0.111. The molecule has 5 nitrogen and oxygen atoms in total. The van der Waals surface area contributed by atoms with E-state index in [1.165, 1.54) is 18.2 Å². The number of hydrogen-bond donors (Lipinski definition) is 1. The molecule has 1 heterocycles. The van der Waals surface area contributed by atoms with Crippen molar-refractivity contribution in [2.24, 2.45) is 0 Å². The molecule has 0 bridgehead atoms. The van der Waals surface area contributed by atoms with Gasteiger partial charge in [-0.3, -0.25) is 9.78 Å². The number of amides is 1. The van der Waals surface area contributed by atoms with Crippen LogP contribution in [0.4, 0.5) is 5.69 Å². The van der Waals surface area contributed by atoms with Gasteiger partial charge in [0.05, 0.1) is 9.79 Å². The van der Waals surface area contributed by atoms with Crippen LogP contribution < -0.4 is 5.32 Å². The Balaban J connectivity index is 1.54. The van der Waals surface area contributed by atoms with Crippen LogP contribution in [0.2, 0.25) is 0 Å². The van der Waals surface area contributed by atoms with Crippen LogP contribution >= 0.6 is 0 Å². The van der Waals surface area contributed by atoms with Crippen molar-refractivity contribution in [1.29, 1.82) is 0 Å². The zero-order chi connectivity index (χ0) is 21.0. The van der Waals surface area contributed by atoms with E-state index in [1.807, 2.05) is 30.3 Å². The molecule has 0 radical (unpaired) electrons. The van der Waals surface area contributed by atoms with E-state index < -0.39 is 9.84 Å². The van der Waals surface area contributed by atoms with Crippen LogP contribution in [0.3, 0.4) is 0 Å². The van der Waals surface area contributed by atoms with Crippen molar-refractivity contribution >= 4 is 38.3 Å². The van der Waals surface area contributed by atoms with Crippen LogP contribution in [-0.4, -0.2) is 19.3 Å². The van der Waals surface area contributed by atoms with Gasteiger partial charge < -0.3 is 5.32 Å². The average Bonchev–Trinajstić information content (AvgIpc) is 2.78. The third-order valence-electron chi connectivity index (χ3n) is 4.58. The number of hydrogen-bond acceptors (Lipinski definition) is 4. The first-order valence-electron chi connectivity index (χ1n) is 9.26. The standard InChI is InChI=1S/C24H18N2O3S/c27-24(15-10-18-5-4-16-25-17-18)26-20-11-13-21(14-12-20)30(28,29)23-9-3-7-19-6-1-2-8-22(19)23/h1-17H,(H,26,27). The fourth-order valence-corrected chi connectivity index (χ4v) is 4.59. The number of carbonyl (C=O) groups excluding carboxylic acids is 1. The molecule has 0 saturated heterocycles. The lowest BCUT2D eigenvalue weighted by atomic mass is 10.1. The molecule has 0 atom stereocenters. The Morgan fingerprint density at radius 1 is 0.867 bits per heavy atom. The van der Waals surface area contributed by atoms with Crippen LogP contribution in [0.15, 0.2) is 107 Å². The Morgan fingerprint density at radius 2 is 1.63 bits per heavy atom. The SMILES string of the molecule is O=C(C=Cc1cccnc1)Nc1ccc(S(=O)(=O)c2cccc3ccccc23)cc1. The van der Waals surface area contributed by atoms with Gasteiger partial charge in [0.2, 0.25) is 15.7 Å². The number of carbonyl (C=O) groups is 1. The van der Waals surface area contributed by atoms with Crippen molar-refractivity contribution in [3.05, 3.63) is 103 Å². The summed E-state index contributed by atoms with van der Waals surface area (Å²) in [6.45, 7) is 0. The summed E-state index contributed by atoms with van der Waals surface area (Å²) in [5.41, 5.74) is 1.32. The highest BCUT2D eigenvalue weighted by atomic mass is 32.2. The fraction of sp³-hybridized carbons (Fsp3) is 0. The summed E-state index contributed by atoms with van der Waals surface area (Å²) in [6, 6.07) is 22.4. The number of aromatic nitrogens is 1. The molecule has 30 heavy (non-hydrogen) atoms. The molecule has 0 aliphatic rings. The number of pyridine rings is 1. The van der Waals surface area contributed by atoms with Gasteiger partial charge in [-0.1, -0.05) is 42.5 Å². The van der Waals surface area contributed by atoms with Crippen molar-refractivity contribution in [3.63, 3.8) is 0 Å². The van der Waals surface area contributed by atoms with Crippen LogP contribution in [0, 0.1) is 0 Å². The van der Waals surface area contributed by atoms with E-state index in [4.69, 9.17) is 0 Å². The summed E-state index contributed by atoms with van der Waals surface area (Å²) >= 11 is 0. The maximum absolute atomic E-state index is 13.1. The first kappa shape index (κ1) is 19.5.